The number of rotatable bonds is 8. The zero-order chi connectivity index (χ0) is 21.5. The van der Waals surface area contributed by atoms with E-state index in [1.807, 2.05) is 0 Å². The van der Waals surface area contributed by atoms with E-state index in [0.717, 1.165) is 6.20 Å². The Hall–Kier alpha value is -3.72. The lowest BCUT2D eigenvalue weighted by molar-refractivity contribution is -0.385. The summed E-state index contributed by atoms with van der Waals surface area (Å²) in [7, 11) is 1.46. The summed E-state index contributed by atoms with van der Waals surface area (Å²) >= 11 is 6.31. The smallest absolute Gasteiger partial charge is 0.287 e. The highest BCUT2D eigenvalue weighted by Crippen LogP contribution is 2.36. The molecule has 0 spiro atoms. The van der Waals surface area contributed by atoms with Gasteiger partial charge in [-0.1, -0.05) is 29.8 Å². The van der Waals surface area contributed by atoms with Crippen molar-refractivity contribution >= 4 is 29.3 Å². The lowest BCUT2D eigenvalue weighted by Crippen LogP contribution is -2.01. The number of ether oxygens (including phenoxy) is 2. The van der Waals surface area contributed by atoms with Crippen LogP contribution < -0.4 is 14.9 Å². The summed E-state index contributed by atoms with van der Waals surface area (Å²) < 4.78 is 24.8. The molecule has 0 radical (unpaired) electrons. The van der Waals surface area contributed by atoms with E-state index in [1.54, 1.807) is 30.3 Å². The first-order valence-corrected chi connectivity index (χ1v) is 8.99. The fraction of sp³-hybridized carbons (Fsp3) is 0.100. The van der Waals surface area contributed by atoms with E-state index >= 15 is 0 Å². The van der Waals surface area contributed by atoms with E-state index in [4.69, 9.17) is 21.1 Å². The van der Waals surface area contributed by atoms with Gasteiger partial charge in [-0.05, 0) is 29.8 Å². The third kappa shape index (κ3) is 5.21. The lowest BCUT2D eigenvalue weighted by atomic mass is 10.2. The van der Waals surface area contributed by atoms with Gasteiger partial charge in [-0.2, -0.15) is 5.10 Å². The summed E-state index contributed by atoms with van der Waals surface area (Å²) in [6.45, 7) is -0.0104. The SMILES string of the molecule is COc1cc(/C=N/Nc2ccc([N+](=O)[O-])cn2)cc(Cl)c1OCc1ccccc1F. The van der Waals surface area contributed by atoms with Gasteiger partial charge in [-0.3, -0.25) is 15.5 Å². The number of pyridine rings is 1. The zero-order valence-electron chi connectivity index (χ0n) is 15.7. The van der Waals surface area contributed by atoms with Crippen molar-refractivity contribution in [3.8, 4) is 11.5 Å². The number of nitrogens with one attached hydrogen (secondary N) is 1. The summed E-state index contributed by atoms with van der Waals surface area (Å²) in [5.74, 6) is 0.598. The van der Waals surface area contributed by atoms with Crippen molar-refractivity contribution in [1.82, 2.24) is 4.98 Å². The monoisotopic (exact) mass is 430 g/mol. The standard InChI is InChI=1S/C20H16ClFN4O4/c1-29-18-9-13(10-24-25-19-7-6-15(11-23-19)26(27)28)8-16(21)20(18)30-12-14-4-2-3-5-17(14)22/h2-11H,12H2,1H3,(H,23,25)/b24-10+. The minimum atomic E-state index is -0.538. The Morgan fingerprint density at radius 1 is 1.30 bits per heavy atom. The number of aromatic nitrogens is 1. The van der Waals surface area contributed by atoms with Gasteiger partial charge in [0.25, 0.3) is 5.69 Å². The van der Waals surface area contributed by atoms with Crippen molar-refractivity contribution in [2.45, 2.75) is 6.61 Å². The highest BCUT2D eigenvalue weighted by atomic mass is 35.5. The van der Waals surface area contributed by atoms with Crippen LogP contribution in [0.2, 0.25) is 5.02 Å². The predicted molar refractivity (Wildman–Crippen MR) is 111 cm³/mol. The van der Waals surface area contributed by atoms with Crippen molar-refractivity contribution in [3.05, 3.63) is 86.8 Å². The summed E-state index contributed by atoms with van der Waals surface area (Å²) in [5.41, 5.74) is 3.54. The average Bonchev–Trinajstić information content (AvgIpc) is 2.74. The predicted octanol–water partition coefficient (Wildman–Crippen LogP) is 4.82. The average molecular weight is 431 g/mol. The van der Waals surface area contributed by atoms with Crippen molar-refractivity contribution < 1.29 is 18.8 Å². The molecule has 0 aliphatic rings. The van der Waals surface area contributed by atoms with Crippen LogP contribution in [-0.4, -0.2) is 23.2 Å². The zero-order valence-corrected chi connectivity index (χ0v) is 16.5. The maximum atomic E-state index is 13.8. The van der Waals surface area contributed by atoms with Crippen LogP contribution in [0.15, 0.2) is 59.8 Å². The second-order valence-corrected chi connectivity index (χ2v) is 6.35. The molecule has 1 N–H and O–H groups in total. The first-order chi connectivity index (χ1) is 14.5. The summed E-state index contributed by atoms with van der Waals surface area (Å²) in [6.07, 6.45) is 2.59. The van der Waals surface area contributed by atoms with Crippen LogP contribution in [0.5, 0.6) is 11.5 Å². The Kier molecular flexibility index (Phi) is 6.76. The molecular formula is C20H16ClFN4O4. The van der Waals surface area contributed by atoms with Crippen LogP contribution in [0.25, 0.3) is 0 Å². The maximum absolute atomic E-state index is 13.8. The molecule has 1 aromatic heterocycles. The minimum absolute atomic E-state index is 0.0104. The van der Waals surface area contributed by atoms with Gasteiger partial charge < -0.3 is 9.47 Å². The molecule has 0 fully saturated rings. The van der Waals surface area contributed by atoms with Crippen LogP contribution in [0.3, 0.4) is 0 Å². The fourth-order valence-electron chi connectivity index (χ4n) is 2.45. The van der Waals surface area contributed by atoms with Gasteiger partial charge in [0.1, 0.15) is 24.4 Å². The van der Waals surface area contributed by atoms with Crippen molar-refractivity contribution in [2.24, 2.45) is 5.10 Å². The summed E-state index contributed by atoms with van der Waals surface area (Å²) in [4.78, 5) is 14.0. The molecule has 0 aliphatic carbocycles. The number of nitrogens with zero attached hydrogens (tertiary/aromatic N) is 3. The van der Waals surface area contributed by atoms with E-state index < -0.39 is 4.92 Å². The second kappa shape index (κ2) is 9.66. The number of hydrogen-bond donors (Lipinski definition) is 1. The molecule has 0 aliphatic heterocycles. The minimum Gasteiger partial charge on any atom is -0.493 e. The number of hydrogen-bond acceptors (Lipinski definition) is 7. The van der Waals surface area contributed by atoms with E-state index in [9.17, 15) is 14.5 Å². The Morgan fingerprint density at radius 3 is 2.77 bits per heavy atom. The molecule has 30 heavy (non-hydrogen) atoms. The quantitative estimate of drug-likeness (QED) is 0.312. The first-order valence-electron chi connectivity index (χ1n) is 8.61. The van der Waals surface area contributed by atoms with Gasteiger partial charge in [0.2, 0.25) is 0 Å². The van der Waals surface area contributed by atoms with Gasteiger partial charge in [-0.15, -0.1) is 0 Å². The molecule has 0 atom stereocenters. The van der Waals surface area contributed by atoms with Gasteiger partial charge in [0, 0.05) is 11.6 Å². The molecule has 3 aromatic rings. The second-order valence-electron chi connectivity index (χ2n) is 5.94. The fourth-order valence-corrected chi connectivity index (χ4v) is 2.73. The Labute approximate surface area is 176 Å². The molecule has 0 bridgehead atoms. The molecule has 154 valence electrons. The van der Waals surface area contributed by atoms with Crippen LogP contribution >= 0.6 is 11.6 Å². The number of anilines is 1. The Balaban J connectivity index is 1.70. The Morgan fingerprint density at radius 2 is 2.10 bits per heavy atom. The van der Waals surface area contributed by atoms with Crippen LogP contribution in [0.1, 0.15) is 11.1 Å². The number of methoxy groups -OCH3 is 1. The third-order valence-electron chi connectivity index (χ3n) is 3.93. The van der Waals surface area contributed by atoms with Crippen LogP contribution in [0.4, 0.5) is 15.9 Å². The van der Waals surface area contributed by atoms with Crippen molar-refractivity contribution in [2.75, 3.05) is 12.5 Å². The van der Waals surface area contributed by atoms with Gasteiger partial charge in [-0.25, -0.2) is 9.37 Å². The molecular weight excluding hydrogens is 415 g/mol. The third-order valence-corrected chi connectivity index (χ3v) is 4.21. The molecule has 1 heterocycles. The van der Waals surface area contributed by atoms with E-state index in [1.165, 1.54) is 31.5 Å². The van der Waals surface area contributed by atoms with E-state index in [0.29, 0.717) is 22.7 Å². The van der Waals surface area contributed by atoms with Crippen molar-refractivity contribution in [1.29, 1.82) is 0 Å². The van der Waals surface area contributed by atoms with Crippen LogP contribution in [-0.2, 0) is 6.61 Å². The molecule has 0 amide bonds. The highest BCUT2D eigenvalue weighted by molar-refractivity contribution is 6.32. The lowest BCUT2D eigenvalue weighted by Gasteiger charge is -2.13. The maximum Gasteiger partial charge on any atom is 0.287 e. The van der Waals surface area contributed by atoms with Crippen LogP contribution in [0, 0.1) is 15.9 Å². The molecule has 0 unspecified atom stereocenters. The first kappa shape index (κ1) is 21.0. The van der Waals surface area contributed by atoms with Crippen molar-refractivity contribution in [3.63, 3.8) is 0 Å². The molecule has 8 nitrogen and oxygen atoms in total. The summed E-state index contributed by atoms with van der Waals surface area (Å²) in [6, 6.07) is 12.3. The molecule has 3 rings (SSSR count). The van der Waals surface area contributed by atoms with Gasteiger partial charge in [0.05, 0.1) is 23.3 Å². The molecule has 10 heteroatoms. The summed E-state index contributed by atoms with van der Waals surface area (Å²) in [5, 5.41) is 14.9. The highest BCUT2D eigenvalue weighted by Gasteiger charge is 2.13. The molecule has 0 saturated carbocycles. The van der Waals surface area contributed by atoms with E-state index in [-0.39, 0.29) is 28.9 Å². The molecule has 2 aromatic carbocycles. The topological polar surface area (TPSA) is 98.9 Å². The Bertz CT molecular complexity index is 1080. The largest absolute Gasteiger partial charge is 0.493 e. The van der Waals surface area contributed by atoms with E-state index in [2.05, 4.69) is 15.5 Å². The normalized spacial score (nSPS) is 10.8. The number of halogens is 2. The number of hydrazone groups is 1. The van der Waals surface area contributed by atoms with Gasteiger partial charge in [0.15, 0.2) is 11.5 Å². The number of benzene rings is 2. The molecule has 0 saturated heterocycles. The number of nitro groups is 1. The van der Waals surface area contributed by atoms with Gasteiger partial charge >= 0.3 is 0 Å².